The second kappa shape index (κ2) is 10.5. The lowest BCUT2D eigenvalue weighted by atomic mass is 9.73. The first kappa shape index (κ1) is 23.4. The van der Waals surface area contributed by atoms with E-state index >= 15 is 0 Å². The predicted octanol–water partition coefficient (Wildman–Crippen LogP) is 6.46. The summed E-state index contributed by atoms with van der Waals surface area (Å²) in [5, 5.41) is 11.3. The summed E-state index contributed by atoms with van der Waals surface area (Å²) < 4.78 is 11.7. The number of halogens is 2. The third-order valence-corrected chi connectivity index (χ3v) is 7.07. The van der Waals surface area contributed by atoms with Gasteiger partial charge in [-0.3, -0.25) is 4.79 Å². The Morgan fingerprint density at radius 2 is 1.81 bits per heavy atom. The average molecular weight is 477 g/mol. The molecular weight excluding hydrogens is 447 g/mol. The topological polar surface area (TPSA) is 55.8 Å². The van der Waals surface area contributed by atoms with Crippen molar-refractivity contribution in [2.75, 3.05) is 6.61 Å². The highest BCUT2D eigenvalue weighted by atomic mass is 35.5. The highest BCUT2D eigenvalue weighted by Gasteiger charge is 2.32. The maximum atomic E-state index is 11.7. The van der Waals surface area contributed by atoms with Crippen molar-refractivity contribution in [2.24, 2.45) is 5.92 Å². The summed E-state index contributed by atoms with van der Waals surface area (Å²) in [6.07, 6.45) is 5.32. The molecule has 0 amide bonds. The molecule has 0 bridgehead atoms. The Bertz CT molecular complexity index is 938. The van der Waals surface area contributed by atoms with E-state index in [1.807, 2.05) is 31.2 Å². The number of cyclic esters (lactones) is 1. The van der Waals surface area contributed by atoms with Gasteiger partial charge in [-0.1, -0.05) is 54.6 Å². The summed E-state index contributed by atoms with van der Waals surface area (Å²) in [5.41, 5.74) is 3.21. The van der Waals surface area contributed by atoms with E-state index in [1.165, 1.54) is 24.8 Å². The zero-order valence-corrected chi connectivity index (χ0v) is 19.9. The molecule has 4 rings (SSSR count). The molecule has 2 aromatic carbocycles. The number of hydrogen-bond donors (Lipinski definition) is 1. The smallest absolute Gasteiger partial charge is 0.308 e. The van der Waals surface area contributed by atoms with Crippen LogP contribution in [0, 0.1) is 12.8 Å². The highest BCUT2D eigenvalue weighted by Crippen LogP contribution is 2.45. The molecular formula is C26H30Cl2O4. The zero-order chi connectivity index (χ0) is 22.7. The normalized spacial score (nSPS) is 22.9. The number of aliphatic hydroxyl groups excluding tert-OH is 1. The van der Waals surface area contributed by atoms with Gasteiger partial charge in [0.15, 0.2) is 0 Å². The fourth-order valence-corrected chi connectivity index (χ4v) is 5.57. The standard InChI is InChI=1S/C26H30Cl2O4/c1-16-11-20(28)12-23(26(16)31-15-22-13-21(29)14-24(30)32-22)25(17-5-3-2-4-6-17)18-7-9-19(27)10-8-18/h7-12,17,21-22,25,29H,2-6,13-15H2,1H3/t21-,22+,25?/m1/s1. The zero-order valence-electron chi connectivity index (χ0n) is 18.4. The van der Waals surface area contributed by atoms with Crippen molar-refractivity contribution in [2.45, 2.75) is 70.0 Å². The highest BCUT2D eigenvalue weighted by molar-refractivity contribution is 6.31. The average Bonchev–Trinajstić information content (AvgIpc) is 2.75. The summed E-state index contributed by atoms with van der Waals surface area (Å²) in [6, 6.07) is 12.0. The molecule has 3 atom stereocenters. The van der Waals surface area contributed by atoms with Crippen LogP contribution in [0.4, 0.5) is 0 Å². The van der Waals surface area contributed by atoms with Crippen LogP contribution in [0.1, 0.15) is 67.6 Å². The van der Waals surface area contributed by atoms with Crippen LogP contribution in [0.2, 0.25) is 10.0 Å². The van der Waals surface area contributed by atoms with Crippen LogP contribution in [0.15, 0.2) is 36.4 Å². The summed E-state index contributed by atoms with van der Waals surface area (Å²) in [4.78, 5) is 11.7. The number of carbonyl (C=O) groups excluding carboxylic acids is 1. The maximum absolute atomic E-state index is 11.7. The van der Waals surface area contributed by atoms with Gasteiger partial charge in [-0.2, -0.15) is 0 Å². The molecule has 1 aliphatic carbocycles. The third kappa shape index (κ3) is 5.59. The molecule has 172 valence electrons. The van der Waals surface area contributed by atoms with Crippen LogP contribution in [-0.4, -0.2) is 29.9 Å². The van der Waals surface area contributed by atoms with Crippen LogP contribution in [0.5, 0.6) is 5.75 Å². The monoisotopic (exact) mass is 476 g/mol. The fraction of sp³-hybridized carbons (Fsp3) is 0.500. The molecule has 1 saturated carbocycles. The van der Waals surface area contributed by atoms with Crippen LogP contribution < -0.4 is 4.74 Å². The molecule has 0 spiro atoms. The Balaban J connectivity index is 1.68. The van der Waals surface area contributed by atoms with Crippen molar-refractivity contribution < 1.29 is 19.4 Å². The first-order valence-electron chi connectivity index (χ1n) is 11.5. The lowest BCUT2D eigenvalue weighted by Crippen LogP contribution is -2.36. The molecule has 6 heteroatoms. The molecule has 0 radical (unpaired) electrons. The largest absolute Gasteiger partial charge is 0.489 e. The van der Waals surface area contributed by atoms with Crippen molar-refractivity contribution >= 4 is 29.2 Å². The number of rotatable bonds is 6. The molecule has 2 fully saturated rings. The van der Waals surface area contributed by atoms with Gasteiger partial charge in [0.05, 0.1) is 12.5 Å². The lowest BCUT2D eigenvalue weighted by molar-refractivity contribution is -0.162. The summed E-state index contributed by atoms with van der Waals surface area (Å²) in [5.74, 6) is 1.03. The first-order valence-corrected chi connectivity index (χ1v) is 12.2. The van der Waals surface area contributed by atoms with E-state index in [9.17, 15) is 9.90 Å². The number of benzene rings is 2. The van der Waals surface area contributed by atoms with E-state index in [4.69, 9.17) is 32.7 Å². The van der Waals surface area contributed by atoms with Gasteiger partial charge < -0.3 is 14.6 Å². The van der Waals surface area contributed by atoms with E-state index in [1.54, 1.807) is 0 Å². The minimum Gasteiger partial charge on any atom is -0.489 e. The Kier molecular flexibility index (Phi) is 7.65. The molecule has 1 unspecified atom stereocenters. The van der Waals surface area contributed by atoms with Crippen molar-refractivity contribution in [3.05, 3.63) is 63.1 Å². The van der Waals surface area contributed by atoms with Gasteiger partial charge in [-0.05, 0) is 61.1 Å². The number of hydrogen-bond acceptors (Lipinski definition) is 4. The predicted molar refractivity (Wildman–Crippen MR) is 127 cm³/mol. The maximum Gasteiger partial charge on any atom is 0.308 e. The second-order valence-electron chi connectivity index (χ2n) is 9.08. The SMILES string of the molecule is Cc1cc(Cl)cc(C(c2ccc(Cl)cc2)C2CCCCC2)c1OC[C@@H]1C[C@@H](O)CC(=O)O1. The quantitative estimate of drug-likeness (QED) is 0.486. The van der Waals surface area contributed by atoms with Crippen LogP contribution in [0.25, 0.3) is 0 Å². The second-order valence-corrected chi connectivity index (χ2v) is 9.96. The van der Waals surface area contributed by atoms with E-state index in [0.29, 0.717) is 22.4 Å². The van der Waals surface area contributed by atoms with Crippen LogP contribution in [-0.2, 0) is 9.53 Å². The van der Waals surface area contributed by atoms with E-state index in [2.05, 4.69) is 12.1 Å². The van der Waals surface area contributed by atoms with Gasteiger partial charge in [-0.25, -0.2) is 0 Å². The number of aliphatic hydroxyl groups is 1. The van der Waals surface area contributed by atoms with Gasteiger partial charge in [0, 0.05) is 27.9 Å². The van der Waals surface area contributed by atoms with Gasteiger partial charge >= 0.3 is 5.97 Å². The minimum absolute atomic E-state index is 0.0437. The van der Waals surface area contributed by atoms with E-state index in [-0.39, 0.29) is 24.9 Å². The van der Waals surface area contributed by atoms with Crippen molar-refractivity contribution in [1.82, 2.24) is 0 Å². The minimum atomic E-state index is -0.681. The third-order valence-electron chi connectivity index (χ3n) is 6.60. The Hall–Kier alpha value is -1.75. The number of esters is 1. The molecule has 0 aromatic heterocycles. The van der Waals surface area contributed by atoms with Crippen LogP contribution >= 0.6 is 23.2 Å². The lowest BCUT2D eigenvalue weighted by Gasteiger charge is -2.33. The molecule has 32 heavy (non-hydrogen) atoms. The summed E-state index contributed by atoms with van der Waals surface area (Å²) in [7, 11) is 0. The van der Waals surface area contributed by atoms with Gasteiger partial charge in [0.25, 0.3) is 0 Å². The molecule has 2 aromatic rings. The van der Waals surface area contributed by atoms with Gasteiger partial charge in [-0.15, -0.1) is 0 Å². The van der Waals surface area contributed by atoms with Gasteiger partial charge in [0.2, 0.25) is 0 Å². The Morgan fingerprint density at radius 3 is 2.50 bits per heavy atom. The Labute approximate surface area is 199 Å². The molecule has 1 saturated heterocycles. The summed E-state index contributed by atoms with van der Waals surface area (Å²) in [6.45, 7) is 2.20. The van der Waals surface area contributed by atoms with Gasteiger partial charge in [0.1, 0.15) is 18.5 Å². The molecule has 2 aliphatic rings. The number of ether oxygens (including phenoxy) is 2. The number of aryl methyl sites for hydroxylation is 1. The first-order chi connectivity index (χ1) is 15.4. The Morgan fingerprint density at radius 1 is 1.09 bits per heavy atom. The van der Waals surface area contributed by atoms with Crippen molar-refractivity contribution in [1.29, 1.82) is 0 Å². The molecule has 1 N–H and O–H groups in total. The van der Waals surface area contributed by atoms with Crippen molar-refractivity contribution in [3.8, 4) is 5.75 Å². The van der Waals surface area contributed by atoms with Crippen LogP contribution in [0.3, 0.4) is 0 Å². The molecule has 1 aliphatic heterocycles. The van der Waals surface area contributed by atoms with Crippen molar-refractivity contribution in [3.63, 3.8) is 0 Å². The molecule has 1 heterocycles. The summed E-state index contributed by atoms with van der Waals surface area (Å²) >= 11 is 12.7. The van der Waals surface area contributed by atoms with E-state index in [0.717, 1.165) is 29.7 Å². The molecule has 4 nitrogen and oxygen atoms in total. The number of carbonyl (C=O) groups is 1. The van der Waals surface area contributed by atoms with E-state index < -0.39 is 12.2 Å². The fourth-order valence-electron chi connectivity index (χ4n) is 5.17.